The average Bonchev–Trinajstić information content (AvgIpc) is 2.91. The fraction of sp³-hybridized carbons (Fsp3) is 0.467. The smallest absolute Gasteiger partial charge is 0.254 e. The molecule has 21 heavy (non-hydrogen) atoms. The van der Waals surface area contributed by atoms with Gasteiger partial charge in [0.25, 0.3) is 5.91 Å². The first-order chi connectivity index (χ1) is 10.1. The summed E-state index contributed by atoms with van der Waals surface area (Å²) in [6.45, 7) is 4.14. The maximum absolute atomic E-state index is 12.1. The first kappa shape index (κ1) is 14.0. The quantitative estimate of drug-likeness (QED) is 0.833. The van der Waals surface area contributed by atoms with Crippen molar-refractivity contribution in [3.05, 3.63) is 23.8 Å². The second kappa shape index (κ2) is 5.83. The molecule has 1 fully saturated rings. The van der Waals surface area contributed by atoms with Crippen LogP contribution in [0.2, 0.25) is 0 Å². The molecular weight excluding hydrogens is 270 g/mol. The lowest BCUT2D eigenvalue weighted by atomic mass is 10.1. The Kier molecular flexibility index (Phi) is 3.90. The minimum Gasteiger partial charge on any atom is -0.366 e. The Balaban J connectivity index is 1.70. The molecule has 1 aromatic rings. The van der Waals surface area contributed by atoms with Crippen molar-refractivity contribution in [2.45, 2.75) is 19.4 Å². The molecule has 2 aliphatic rings. The number of carbonyl (C=O) groups excluding carboxylic acids is 2. The number of anilines is 2. The molecule has 2 amide bonds. The molecule has 1 atom stereocenters. The zero-order valence-corrected chi connectivity index (χ0v) is 12.0. The molecule has 2 heterocycles. The zero-order chi connectivity index (χ0) is 14.8. The Morgan fingerprint density at radius 3 is 3.00 bits per heavy atom. The summed E-state index contributed by atoms with van der Waals surface area (Å²) in [5.41, 5.74) is 2.78. The molecule has 1 aromatic carbocycles. The first-order valence-corrected chi connectivity index (χ1v) is 7.19. The van der Waals surface area contributed by atoms with Gasteiger partial charge < -0.3 is 20.3 Å². The number of morpholine rings is 1. The van der Waals surface area contributed by atoms with E-state index in [1.54, 1.807) is 11.8 Å². The molecular formula is C15H19N3O3. The predicted molar refractivity (Wildman–Crippen MR) is 79.4 cm³/mol. The predicted octanol–water partition coefficient (Wildman–Crippen LogP) is 0.523. The monoisotopic (exact) mass is 289 g/mol. The number of nitrogens with one attached hydrogen (secondary N) is 2. The van der Waals surface area contributed by atoms with Gasteiger partial charge in [0.05, 0.1) is 6.61 Å². The molecule has 6 nitrogen and oxygen atoms in total. The lowest BCUT2D eigenvalue weighted by Crippen LogP contribution is -2.45. The van der Waals surface area contributed by atoms with E-state index in [-0.39, 0.29) is 11.8 Å². The Hall–Kier alpha value is -1.92. The molecule has 112 valence electrons. The molecule has 0 radical (unpaired) electrons. The summed E-state index contributed by atoms with van der Waals surface area (Å²) in [5, 5.41) is 6.01. The lowest BCUT2D eigenvalue weighted by molar-refractivity contribution is -0.128. The van der Waals surface area contributed by atoms with Gasteiger partial charge in [0, 0.05) is 37.9 Å². The lowest BCUT2D eigenvalue weighted by Gasteiger charge is -2.23. The van der Waals surface area contributed by atoms with Crippen LogP contribution in [0.3, 0.4) is 0 Å². The van der Waals surface area contributed by atoms with Crippen molar-refractivity contribution in [2.24, 2.45) is 0 Å². The summed E-state index contributed by atoms with van der Waals surface area (Å²) in [5.74, 6) is -0.0872. The molecule has 1 saturated heterocycles. The SMILES string of the molecule is CC(=O)N1CCc2cc(NC(=O)C3CNCCO3)ccc21. The van der Waals surface area contributed by atoms with E-state index in [1.165, 1.54) is 0 Å². The third-order valence-corrected chi connectivity index (χ3v) is 3.84. The van der Waals surface area contributed by atoms with Crippen LogP contribution < -0.4 is 15.5 Å². The zero-order valence-electron chi connectivity index (χ0n) is 12.0. The van der Waals surface area contributed by atoms with Crippen molar-refractivity contribution in [1.82, 2.24) is 5.32 Å². The molecule has 3 rings (SSSR count). The number of nitrogens with zero attached hydrogens (tertiary/aromatic N) is 1. The van der Waals surface area contributed by atoms with Gasteiger partial charge in [0.2, 0.25) is 5.91 Å². The van der Waals surface area contributed by atoms with E-state index in [1.807, 2.05) is 18.2 Å². The fourth-order valence-corrected chi connectivity index (χ4v) is 2.76. The van der Waals surface area contributed by atoms with Crippen LogP contribution in [0.4, 0.5) is 11.4 Å². The van der Waals surface area contributed by atoms with Crippen molar-refractivity contribution >= 4 is 23.2 Å². The minimum atomic E-state index is -0.444. The number of rotatable bonds is 2. The van der Waals surface area contributed by atoms with Crippen molar-refractivity contribution in [2.75, 3.05) is 36.5 Å². The number of hydrogen-bond donors (Lipinski definition) is 2. The topological polar surface area (TPSA) is 70.7 Å². The summed E-state index contributed by atoms with van der Waals surface area (Å²) in [7, 11) is 0. The van der Waals surface area contributed by atoms with Crippen molar-refractivity contribution in [3.8, 4) is 0 Å². The summed E-state index contributed by atoms with van der Waals surface area (Å²) < 4.78 is 5.43. The van der Waals surface area contributed by atoms with E-state index in [9.17, 15) is 9.59 Å². The van der Waals surface area contributed by atoms with Crippen LogP contribution in [-0.4, -0.2) is 44.2 Å². The van der Waals surface area contributed by atoms with Crippen molar-refractivity contribution in [1.29, 1.82) is 0 Å². The van der Waals surface area contributed by atoms with Gasteiger partial charge in [-0.05, 0) is 30.2 Å². The van der Waals surface area contributed by atoms with E-state index < -0.39 is 6.10 Å². The van der Waals surface area contributed by atoms with Gasteiger partial charge in [-0.3, -0.25) is 9.59 Å². The molecule has 0 spiro atoms. The largest absolute Gasteiger partial charge is 0.366 e. The number of carbonyl (C=O) groups is 2. The van der Waals surface area contributed by atoms with Crippen molar-refractivity contribution in [3.63, 3.8) is 0 Å². The average molecular weight is 289 g/mol. The minimum absolute atomic E-state index is 0.0483. The summed E-state index contributed by atoms with van der Waals surface area (Å²) in [6.07, 6.45) is 0.376. The van der Waals surface area contributed by atoms with Crippen molar-refractivity contribution < 1.29 is 14.3 Å². The van der Waals surface area contributed by atoms with Gasteiger partial charge in [-0.25, -0.2) is 0 Å². The number of ether oxygens (including phenoxy) is 1. The summed E-state index contributed by atoms with van der Waals surface area (Å²) in [6, 6.07) is 5.65. The van der Waals surface area contributed by atoms with Crippen LogP contribution >= 0.6 is 0 Å². The van der Waals surface area contributed by atoms with Gasteiger partial charge in [0.15, 0.2) is 0 Å². The molecule has 0 saturated carbocycles. The molecule has 0 aromatic heterocycles. The Bertz CT molecular complexity index is 567. The number of amides is 2. The normalized spacial score (nSPS) is 21.0. The van der Waals surface area contributed by atoms with Crippen LogP contribution in [0.25, 0.3) is 0 Å². The second-order valence-corrected chi connectivity index (χ2v) is 5.32. The maximum Gasteiger partial charge on any atom is 0.254 e. The Morgan fingerprint density at radius 2 is 2.29 bits per heavy atom. The van der Waals surface area contributed by atoms with Gasteiger partial charge >= 0.3 is 0 Å². The van der Waals surface area contributed by atoms with E-state index >= 15 is 0 Å². The van der Waals surface area contributed by atoms with Gasteiger partial charge in [0.1, 0.15) is 6.10 Å². The highest BCUT2D eigenvalue weighted by atomic mass is 16.5. The van der Waals surface area contributed by atoms with E-state index in [4.69, 9.17) is 4.74 Å². The highest BCUT2D eigenvalue weighted by Crippen LogP contribution is 2.30. The van der Waals surface area contributed by atoms with E-state index in [0.717, 1.165) is 29.9 Å². The van der Waals surface area contributed by atoms with E-state index in [2.05, 4.69) is 10.6 Å². The Labute approximate surface area is 123 Å². The van der Waals surface area contributed by atoms with Gasteiger partial charge in [-0.2, -0.15) is 0 Å². The Morgan fingerprint density at radius 1 is 1.43 bits per heavy atom. The van der Waals surface area contributed by atoms with E-state index in [0.29, 0.717) is 19.7 Å². The van der Waals surface area contributed by atoms with Crippen LogP contribution in [0.5, 0.6) is 0 Å². The van der Waals surface area contributed by atoms with Crippen LogP contribution in [-0.2, 0) is 20.7 Å². The molecule has 1 unspecified atom stereocenters. The third-order valence-electron chi connectivity index (χ3n) is 3.84. The third kappa shape index (κ3) is 2.91. The highest BCUT2D eigenvalue weighted by molar-refractivity contribution is 5.97. The number of hydrogen-bond acceptors (Lipinski definition) is 4. The summed E-state index contributed by atoms with van der Waals surface area (Å²) in [4.78, 5) is 25.4. The van der Waals surface area contributed by atoms with Gasteiger partial charge in [-0.15, -0.1) is 0 Å². The fourth-order valence-electron chi connectivity index (χ4n) is 2.76. The molecule has 2 aliphatic heterocycles. The molecule has 0 bridgehead atoms. The van der Waals surface area contributed by atoms with Crippen LogP contribution in [0, 0.1) is 0 Å². The standard InChI is InChI=1S/C15H19N3O3/c1-10(19)18-6-4-11-8-12(2-3-13(11)18)17-15(20)14-9-16-5-7-21-14/h2-3,8,14,16H,4-7,9H2,1H3,(H,17,20). The second-order valence-electron chi connectivity index (χ2n) is 5.32. The molecule has 6 heteroatoms. The van der Waals surface area contributed by atoms with Crippen LogP contribution in [0.15, 0.2) is 18.2 Å². The first-order valence-electron chi connectivity index (χ1n) is 7.19. The molecule has 2 N–H and O–H groups in total. The number of benzene rings is 1. The summed E-state index contributed by atoms with van der Waals surface area (Å²) >= 11 is 0. The van der Waals surface area contributed by atoms with Crippen LogP contribution in [0.1, 0.15) is 12.5 Å². The number of fused-ring (bicyclic) bond motifs is 1. The maximum atomic E-state index is 12.1. The van der Waals surface area contributed by atoms with Gasteiger partial charge in [-0.1, -0.05) is 0 Å². The highest BCUT2D eigenvalue weighted by Gasteiger charge is 2.24. The molecule has 0 aliphatic carbocycles.